The molecule has 0 aromatic rings. The van der Waals surface area contributed by atoms with E-state index in [0.29, 0.717) is 38.6 Å². The molecule has 0 aromatic carbocycles. The van der Waals surface area contributed by atoms with Crippen molar-refractivity contribution in [3.05, 3.63) is 0 Å². The number of nitrogens with zero attached hydrogens (tertiary/aromatic N) is 2. The van der Waals surface area contributed by atoms with Crippen LogP contribution in [0.15, 0.2) is 0 Å². The second-order valence-electron chi connectivity index (χ2n) is 5.39. The van der Waals surface area contributed by atoms with E-state index < -0.39 is 0 Å². The zero-order chi connectivity index (χ0) is 13.8. The summed E-state index contributed by atoms with van der Waals surface area (Å²) in [5.41, 5.74) is 0. The van der Waals surface area contributed by atoms with Crippen molar-refractivity contribution in [1.29, 1.82) is 0 Å². The third-order valence-corrected chi connectivity index (χ3v) is 4.04. The van der Waals surface area contributed by atoms with Crippen molar-refractivity contribution in [1.82, 2.24) is 20.4 Å². The number of rotatable bonds is 2. The van der Waals surface area contributed by atoms with Crippen LogP contribution in [0.2, 0.25) is 0 Å². The number of piperazine rings is 1. The predicted molar refractivity (Wildman–Crippen MR) is 72.7 cm³/mol. The van der Waals surface area contributed by atoms with Gasteiger partial charge in [-0.3, -0.25) is 4.79 Å². The maximum atomic E-state index is 12.4. The summed E-state index contributed by atoms with van der Waals surface area (Å²) in [7, 11) is 0. The second kappa shape index (κ2) is 6.23. The van der Waals surface area contributed by atoms with Gasteiger partial charge in [0.15, 0.2) is 0 Å². The summed E-state index contributed by atoms with van der Waals surface area (Å²) in [6, 6.07) is -0.0227. The molecule has 108 valence electrons. The molecule has 2 rings (SSSR count). The van der Waals surface area contributed by atoms with Crippen LogP contribution in [0, 0.1) is 11.8 Å². The number of nitrogens with one attached hydrogen (secondary N) is 2. The smallest absolute Gasteiger partial charge is 0.317 e. The molecule has 0 spiro atoms. The number of amides is 3. The van der Waals surface area contributed by atoms with E-state index in [4.69, 9.17) is 0 Å². The molecule has 0 aliphatic carbocycles. The monoisotopic (exact) mass is 268 g/mol. The van der Waals surface area contributed by atoms with Gasteiger partial charge < -0.3 is 20.4 Å². The Morgan fingerprint density at radius 1 is 1.16 bits per heavy atom. The Balaban J connectivity index is 1.82. The average molecular weight is 268 g/mol. The minimum absolute atomic E-state index is 0.0227. The van der Waals surface area contributed by atoms with Crippen LogP contribution in [0.3, 0.4) is 0 Å². The van der Waals surface area contributed by atoms with Gasteiger partial charge in [-0.2, -0.15) is 0 Å². The minimum atomic E-state index is -0.0227. The number of carbonyl (C=O) groups excluding carboxylic acids is 2. The van der Waals surface area contributed by atoms with Gasteiger partial charge in [0.2, 0.25) is 5.91 Å². The van der Waals surface area contributed by atoms with Crippen molar-refractivity contribution in [2.45, 2.75) is 13.8 Å². The lowest BCUT2D eigenvalue weighted by atomic mass is 9.96. The van der Waals surface area contributed by atoms with Gasteiger partial charge in [-0.25, -0.2) is 4.79 Å². The van der Waals surface area contributed by atoms with Crippen molar-refractivity contribution in [3.63, 3.8) is 0 Å². The Kier molecular flexibility index (Phi) is 4.63. The van der Waals surface area contributed by atoms with Crippen molar-refractivity contribution in [2.24, 2.45) is 11.8 Å². The van der Waals surface area contributed by atoms with Crippen molar-refractivity contribution >= 4 is 11.9 Å². The van der Waals surface area contributed by atoms with E-state index in [2.05, 4.69) is 17.6 Å². The lowest BCUT2D eigenvalue weighted by molar-refractivity contribution is -0.137. The molecule has 0 aromatic heterocycles. The fourth-order valence-electron chi connectivity index (χ4n) is 2.77. The van der Waals surface area contributed by atoms with Crippen LogP contribution in [0.25, 0.3) is 0 Å². The predicted octanol–water partition coefficient (Wildman–Crippen LogP) is -0.284. The number of hydrogen-bond acceptors (Lipinski definition) is 3. The molecule has 2 fully saturated rings. The summed E-state index contributed by atoms with van der Waals surface area (Å²) in [6.45, 7) is 8.95. The Labute approximate surface area is 114 Å². The lowest BCUT2D eigenvalue weighted by Gasteiger charge is -2.36. The molecule has 0 saturated carbocycles. The third kappa shape index (κ3) is 3.18. The summed E-state index contributed by atoms with van der Waals surface area (Å²) < 4.78 is 0. The number of carbonyl (C=O) groups is 2. The van der Waals surface area contributed by atoms with E-state index in [9.17, 15) is 9.59 Å². The zero-order valence-electron chi connectivity index (χ0n) is 11.8. The zero-order valence-corrected chi connectivity index (χ0v) is 11.8. The maximum Gasteiger partial charge on any atom is 0.317 e. The molecule has 6 nitrogen and oxygen atoms in total. The maximum absolute atomic E-state index is 12.4. The first-order valence-corrected chi connectivity index (χ1v) is 7.15. The number of urea groups is 1. The molecular formula is C13H24N4O2. The van der Waals surface area contributed by atoms with Gasteiger partial charge in [-0.05, 0) is 19.4 Å². The van der Waals surface area contributed by atoms with E-state index in [1.165, 1.54) is 0 Å². The van der Waals surface area contributed by atoms with Crippen LogP contribution in [0.5, 0.6) is 0 Å². The molecule has 19 heavy (non-hydrogen) atoms. The molecule has 2 atom stereocenters. The lowest BCUT2D eigenvalue weighted by Crippen LogP contribution is -2.54. The van der Waals surface area contributed by atoms with Gasteiger partial charge in [-0.1, -0.05) is 6.92 Å². The molecule has 2 N–H and O–H groups in total. The second-order valence-corrected chi connectivity index (χ2v) is 5.39. The van der Waals surface area contributed by atoms with Crippen LogP contribution in [0.4, 0.5) is 4.79 Å². The van der Waals surface area contributed by atoms with Gasteiger partial charge in [0, 0.05) is 39.3 Å². The van der Waals surface area contributed by atoms with Crippen molar-refractivity contribution in [2.75, 3.05) is 45.8 Å². The largest absolute Gasteiger partial charge is 0.339 e. The molecule has 2 aliphatic heterocycles. The topological polar surface area (TPSA) is 64.7 Å². The molecule has 3 amide bonds. The van der Waals surface area contributed by atoms with Crippen LogP contribution in [-0.2, 0) is 4.79 Å². The molecule has 0 bridgehead atoms. The van der Waals surface area contributed by atoms with E-state index in [0.717, 1.165) is 13.1 Å². The van der Waals surface area contributed by atoms with E-state index in [1.54, 1.807) is 4.90 Å². The van der Waals surface area contributed by atoms with Crippen LogP contribution in [0.1, 0.15) is 13.8 Å². The first kappa shape index (κ1) is 14.1. The highest BCUT2D eigenvalue weighted by atomic mass is 16.2. The van der Waals surface area contributed by atoms with Gasteiger partial charge >= 0.3 is 6.03 Å². The van der Waals surface area contributed by atoms with E-state index in [-0.39, 0.29) is 17.9 Å². The molecule has 2 heterocycles. The van der Waals surface area contributed by atoms with Crippen molar-refractivity contribution < 1.29 is 9.59 Å². The molecular weight excluding hydrogens is 244 g/mol. The third-order valence-electron chi connectivity index (χ3n) is 4.04. The number of hydrogen-bond donors (Lipinski definition) is 2. The first-order chi connectivity index (χ1) is 9.13. The fraction of sp³-hybridized carbons (Fsp3) is 0.846. The van der Waals surface area contributed by atoms with Gasteiger partial charge in [0.25, 0.3) is 0 Å². The highest BCUT2D eigenvalue weighted by Crippen LogP contribution is 2.19. The molecule has 0 radical (unpaired) electrons. The highest BCUT2D eigenvalue weighted by Gasteiger charge is 2.34. The Morgan fingerprint density at radius 2 is 1.79 bits per heavy atom. The Bertz CT molecular complexity index is 340. The van der Waals surface area contributed by atoms with E-state index >= 15 is 0 Å². The first-order valence-electron chi connectivity index (χ1n) is 7.15. The van der Waals surface area contributed by atoms with Crippen LogP contribution >= 0.6 is 0 Å². The summed E-state index contributed by atoms with van der Waals surface area (Å²) in [5, 5.41) is 6.06. The SMILES string of the molecule is CCNC(=O)N1CCN(C(=O)C2CNCC2C)CC1. The molecule has 2 saturated heterocycles. The molecule has 6 heteroatoms. The van der Waals surface area contributed by atoms with Gasteiger partial charge in [0.1, 0.15) is 0 Å². The quantitative estimate of drug-likeness (QED) is 0.724. The molecule has 2 aliphatic rings. The summed E-state index contributed by atoms with van der Waals surface area (Å²) >= 11 is 0. The standard InChI is InChI=1S/C13H24N4O2/c1-3-15-13(19)17-6-4-16(5-7-17)12(18)11-9-14-8-10(11)2/h10-11,14H,3-9H2,1-2H3,(H,15,19). The fourth-order valence-corrected chi connectivity index (χ4v) is 2.77. The highest BCUT2D eigenvalue weighted by molar-refractivity contribution is 5.80. The Morgan fingerprint density at radius 3 is 2.32 bits per heavy atom. The minimum Gasteiger partial charge on any atom is -0.339 e. The summed E-state index contributed by atoms with van der Waals surface area (Å²) in [6.07, 6.45) is 0. The Hall–Kier alpha value is -1.30. The van der Waals surface area contributed by atoms with Crippen molar-refractivity contribution in [3.8, 4) is 0 Å². The van der Waals surface area contributed by atoms with Gasteiger partial charge in [-0.15, -0.1) is 0 Å². The molecule has 2 unspecified atom stereocenters. The van der Waals surface area contributed by atoms with Gasteiger partial charge in [0.05, 0.1) is 5.92 Å². The van der Waals surface area contributed by atoms with Crippen LogP contribution < -0.4 is 10.6 Å². The normalized spacial score (nSPS) is 27.5. The average Bonchev–Trinajstić information content (AvgIpc) is 2.84. The summed E-state index contributed by atoms with van der Waals surface area (Å²) in [5.74, 6) is 0.762. The van der Waals surface area contributed by atoms with Crippen LogP contribution in [-0.4, -0.2) is 67.6 Å². The van der Waals surface area contributed by atoms with E-state index in [1.807, 2.05) is 11.8 Å². The summed E-state index contributed by atoms with van der Waals surface area (Å²) in [4.78, 5) is 27.8.